The second kappa shape index (κ2) is 5.86. The van der Waals surface area contributed by atoms with Crippen molar-refractivity contribution < 1.29 is 12.8 Å². The summed E-state index contributed by atoms with van der Waals surface area (Å²) in [5.41, 5.74) is 5.84. The summed E-state index contributed by atoms with van der Waals surface area (Å²) in [6.45, 7) is 0. The van der Waals surface area contributed by atoms with Crippen LogP contribution in [0.3, 0.4) is 0 Å². The van der Waals surface area contributed by atoms with Crippen LogP contribution < -0.4 is 10.5 Å². The van der Waals surface area contributed by atoms with E-state index in [1.807, 2.05) is 6.07 Å². The Morgan fingerprint density at radius 1 is 1.25 bits per heavy atom. The van der Waals surface area contributed by atoms with E-state index in [1.165, 1.54) is 0 Å². The Hall–Kier alpha value is -0.870. The summed E-state index contributed by atoms with van der Waals surface area (Å²) >= 11 is 5.02. The van der Waals surface area contributed by atoms with Crippen molar-refractivity contribution in [1.82, 2.24) is 0 Å². The molecule has 0 aliphatic rings. The molecule has 2 rings (SSSR count). The molecule has 0 atom stereocenters. The van der Waals surface area contributed by atoms with Gasteiger partial charge in [0, 0.05) is 9.26 Å². The summed E-state index contributed by atoms with van der Waals surface area (Å²) in [6.07, 6.45) is 0. The minimum atomic E-state index is -3.88. The summed E-state index contributed by atoms with van der Waals surface area (Å²) < 4.78 is 41.1. The van der Waals surface area contributed by atoms with Crippen LogP contribution in [0.4, 0.5) is 15.8 Å². The van der Waals surface area contributed by atoms with Crippen molar-refractivity contribution in [2.75, 3.05) is 10.5 Å². The van der Waals surface area contributed by atoms with E-state index in [-0.39, 0.29) is 15.1 Å². The van der Waals surface area contributed by atoms with Gasteiger partial charge in [-0.25, -0.2) is 12.8 Å². The smallest absolute Gasteiger partial charge is 0.263 e. The molecule has 0 unspecified atom stereocenters. The molecule has 2 aromatic carbocycles. The maximum atomic E-state index is 13.3. The van der Waals surface area contributed by atoms with Crippen molar-refractivity contribution in [2.24, 2.45) is 0 Å². The quantitative estimate of drug-likeness (QED) is 0.532. The molecule has 0 aliphatic carbocycles. The second-order valence-electron chi connectivity index (χ2n) is 3.92. The Labute approximate surface area is 137 Å². The van der Waals surface area contributed by atoms with Crippen molar-refractivity contribution in [3.8, 4) is 0 Å². The molecule has 20 heavy (non-hydrogen) atoms. The zero-order chi connectivity index (χ0) is 14.9. The Balaban J connectivity index is 2.43. The molecule has 0 spiro atoms. The first-order valence-electron chi connectivity index (χ1n) is 5.32. The van der Waals surface area contributed by atoms with E-state index < -0.39 is 15.8 Å². The molecule has 106 valence electrons. The van der Waals surface area contributed by atoms with Crippen LogP contribution in [0.1, 0.15) is 0 Å². The van der Waals surface area contributed by atoms with Gasteiger partial charge in [0.05, 0.1) is 10.2 Å². The van der Waals surface area contributed by atoms with Gasteiger partial charge in [0.2, 0.25) is 0 Å². The molecule has 3 N–H and O–H groups in total. The third kappa shape index (κ3) is 3.41. The van der Waals surface area contributed by atoms with Gasteiger partial charge in [0.25, 0.3) is 10.0 Å². The van der Waals surface area contributed by atoms with Crippen molar-refractivity contribution in [3.05, 3.63) is 50.3 Å². The van der Waals surface area contributed by atoms with Crippen LogP contribution in [-0.2, 0) is 10.0 Å². The van der Waals surface area contributed by atoms with Crippen LogP contribution in [-0.4, -0.2) is 8.42 Å². The van der Waals surface area contributed by atoms with E-state index in [0.29, 0.717) is 5.69 Å². The van der Waals surface area contributed by atoms with Crippen molar-refractivity contribution in [3.63, 3.8) is 0 Å². The zero-order valence-corrected chi connectivity index (χ0v) is 14.5. The minimum Gasteiger partial charge on any atom is -0.398 e. The largest absolute Gasteiger partial charge is 0.398 e. The number of benzene rings is 2. The number of rotatable bonds is 3. The lowest BCUT2D eigenvalue weighted by molar-refractivity contribution is 0.599. The first-order valence-corrected chi connectivity index (χ1v) is 8.68. The predicted molar refractivity (Wildman–Crippen MR) is 88.5 cm³/mol. The first-order chi connectivity index (χ1) is 9.29. The van der Waals surface area contributed by atoms with E-state index in [4.69, 9.17) is 5.73 Å². The summed E-state index contributed by atoms with van der Waals surface area (Å²) in [6, 6.07) is 8.96. The molecule has 0 bridgehead atoms. The maximum Gasteiger partial charge on any atom is 0.263 e. The van der Waals surface area contributed by atoms with Gasteiger partial charge in [-0.1, -0.05) is 6.07 Å². The van der Waals surface area contributed by atoms with E-state index in [0.717, 1.165) is 15.7 Å². The minimum absolute atomic E-state index is 0.0368. The lowest BCUT2D eigenvalue weighted by Gasteiger charge is -2.11. The molecule has 0 saturated heterocycles. The number of anilines is 2. The number of hydrogen-bond acceptors (Lipinski definition) is 3. The van der Waals surface area contributed by atoms with Gasteiger partial charge in [-0.2, -0.15) is 0 Å². The number of nitrogen functional groups attached to an aromatic ring is 1. The van der Waals surface area contributed by atoms with Crippen LogP contribution in [0.5, 0.6) is 0 Å². The first kappa shape index (κ1) is 15.5. The van der Waals surface area contributed by atoms with Gasteiger partial charge in [-0.05, 0) is 68.9 Å². The Kier molecular flexibility index (Phi) is 4.55. The standard InChI is InChI=1S/C12H9BrFIN2O2S/c13-9-5-12(11(16)6-10(9)14)20(18,19)17-8-3-1-2-7(15)4-8/h1-6,17H,16H2. The average Bonchev–Trinajstić information content (AvgIpc) is 2.33. The highest BCUT2D eigenvalue weighted by Crippen LogP contribution is 2.27. The van der Waals surface area contributed by atoms with Gasteiger partial charge < -0.3 is 5.73 Å². The second-order valence-corrected chi connectivity index (χ2v) is 7.67. The lowest BCUT2D eigenvalue weighted by Crippen LogP contribution is -2.15. The molecule has 0 radical (unpaired) electrons. The zero-order valence-electron chi connectivity index (χ0n) is 9.90. The Bertz CT molecular complexity index is 768. The summed E-state index contributed by atoms with van der Waals surface area (Å²) in [5.74, 6) is -0.615. The molecular weight excluding hydrogens is 462 g/mol. The normalized spacial score (nSPS) is 11.3. The lowest BCUT2D eigenvalue weighted by atomic mass is 10.3. The number of nitrogens with two attached hydrogens (primary N) is 1. The molecule has 4 nitrogen and oxygen atoms in total. The highest BCUT2D eigenvalue weighted by atomic mass is 127. The van der Waals surface area contributed by atoms with E-state index in [1.54, 1.807) is 18.2 Å². The number of hydrogen-bond donors (Lipinski definition) is 2. The Morgan fingerprint density at radius 2 is 1.95 bits per heavy atom. The van der Waals surface area contributed by atoms with Gasteiger partial charge in [-0.15, -0.1) is 0 Å². The van der Waals surface area contributed by atoms with Crippen LogP contribution in [0.25, 0.3) is 0 Å². The van der Waals surface area contributed by atoms with Crippen LogP contribution in [0, 0.1) is 9.39 Å². The van der Waals surface area contributed by atoms with E-state index >= 15 is 0 Å². The molecule has 2 aromatic rings. The van der Waals surface area contributed by atoms with Crippen LogP contribution in [0.2, 0.25) is 0 Å². The third-order valence-corrected chi connectivity index (χ3v) is 5.13. The molecule has 0 heterocycles. The molecular formula is C12H9BrFIN2O2S. The predicted octanol–water partition coefficient (Wildman–Crippen LogP) is 3.58. The van der Waals surface area contributed by atoms with E-state index in [2.05, 4.69) is 43.2 Å². The van der Waals surface area contributed by atoms with Gasteiger partial charge in [-0.3, -0.25) is 4.72 Å². The van der Waals surface area contributed by atoms with Crippen LogP contribution in [0.15, 0.2) is 45.8 Å². The molecule has 8 heteroatoms. The topological polar surface area (TPSA) is 72.2 Å². The van der Waals surface area contributed by atoms with E-state index in [9.17, 15) is 12.8 Å². The maximum absolute atomic E-state index is 13.3. The average molecular weight is 471 g/mol. The van der Waals surface area contributed by atoms with Crippen molar-refractivity contribution in [1.29, 1.82) is 0 Å². The fourth-order valence-corrected chi connectivity index (χ4v) is 3.77. The molecule has 0 saturated carbocycles. The number of sulfonamides is 1. The molecule has 0 aliphatic heterocycles. The highest BCUT2D eigenvalue weighted by Gasteiger charge is 2.20. The summed E-state index contributed by atoms with van der Waals surface area (Å²) in [7, 11) is -3.88. The Morgan fingerprint density at radius 3 is 2.60 bits per heavy atom. The molecule has 0 aromatic heterocycles. The monoisotopic (exact) mass is 470 g/mol. The van der Waals surface area contributed by atoms with Gasteiger partial charge in [0.15, 0.2) is 0 Å². The fraction of sp³-hybridized carbons (Fsp3) is 0. The summed E-state index contributed by atoms with van der Waals surface area (Å²) in [5, 5.41) is 0. The summed E-state index contributed by atoms with van der Waals surface area (Å²) in [4.78, 5) is -0.176. The van der Waals surface area contributed by atoms with Gasteiger partial charge in [0.1, 0.15) is 10.7 Å². The third-order valence-electron chi connectivity index (χ3n) is 2.42. The molecule has 0 amide bonds. The highest BCUT2D eigenvalue weighted by molar-refractivity contribution is 14.1. The molecule has 0 fully saturated rings. The number of nitrogens with one attached hydrogen (secondary N) is 1. The number of halogens is 3. The van der Waals surface area contributed by atoms with Crippen LogP contribution >= 0.6 is 38.5 Å². The SMILES string of the molecule is Nc1cc(F)c(Br)cc1S(=O)(=O)Nc1cccc(I)c1. The van der Waals surface area contributed by atoms with Crippen molar-refractivity contribution in [2.45, 2.75) is 4.90 Å². The van der Waals surface area contributed by atoms with Crippen molar-refractivity contribution >= 4 is 59.9 Å². The van der Waals surface area contributed by atoms with Gasteiger partial charge >= 0.3 is 0 Å². The fourth-order valence-electron chi connectivity index (χ4n) is 1.54.